The van der Waals surface area contributed by atoms with E-state index in [1.807, 2.05) is 26.0 Å². The molecule has 1 aromatic heterocycles. The van der Waals surface area contributed by atoms with Crippen LogP contribution in [0.15, 0.2) is 38.3 Å². The lowest BCUT2D eigenvalue weighted by atomic mass is 10.2. The molecule has 2 rings (SSSR count). The van der Waals surface area contributed by atoms with Gasteiger partial charge < -0.3 is 0 Å². The highest BCUT2D eigenvalue weighted by Gasteiger charge is 2.18. The number of anilines is 1. The van der Waals surface area contributed by atoms with Crippen LogP contribution in [0.4, 0.5) is 5.69 Å². The fraction of sp³-hybridized carbons (Fsp3) is 0.167. The molecule has 0 saturated heterocycles. The molecule has 0 aliphatic carbocycles. The zero-order valence-corrected chi connectivity index (χ0v) is 13.1. The molecule has 0 unspecified atom stereocenters. The summed E-state index contributed by atoms with van der Waals surface area (Å²) in [6.45, 7) is 3.74. The molecule has 0 aliphatic rings. The van der Waals surface area contributed by atoms with Gasteiger partial charge in [0.25, 0.3) is 10.0 Å². The van der Waals surface area contributed by atoms with E-state index < -0.39 is 10.0 Å². The Morgan fingerprint density at radius 2 is 1.83 bits per heavy atom. The summed E-state index contributed by atoms with van der Waals surface area (Å²) in [5, 5.41) is 0. The summed E-state index contributed by atoms with van der Waals surface area (Å²) in [4.78, 5) is 0. The predicted octanol–water partition coefficient (Wildman–Crippen LogP) is 3.93. The summed E-state index contributed by atoms with van der Waals surface area (Å²) in [5.74, 6) is 0. The average Bonchev–Trinajstić information content (AvgIpc) is 2.63. The predicted molar refractivity (Wildman–Crippen MR) is 78.7 cm³/mol. The van der Waals surface area contributed by atoms with Crippen molar-refractivity contribution in [2.75, 3.05) is 4.72 Å². The van der Waals surface area contributed by atoms with Crippen molar-refractivity contribution < 1.29 is 8.42 Å². The van der Waals surface area contributed by atoms with Crippen LogP contribution in [0, 0.1) is 13.8 Å². The molecule has 3 nitrogen and oxygen atoms in total. The van der Waals surface area contributed by atoms with Gasteiger partial charge in [0.05, 0.1) is 9.47 Å². The molecule has 0 bridgehead atoms. The highest BCUT2D eigenvalue weighted by Crippen LogP contribution is 2.31. The van der Waals surface area contributed by atoms with E-state index >= 15 is 0 Å². The van der Waals surface area contributed by atoms with Gasteiger partial charge in [-0.1, -0.05) is 18.2 Å². The number of sulfonamides is 1. The highest BCUT2D eigenvalue weighted by molar-refractivity contribution is 9.11. The number of nitrogens with one attached hydrogen (secondary N) is 1. The quantitative estimate of drug-likeness (QED) is 0.915. The lowest BCUT2D eigenvalue weighted by Gasteiger charge is -2.08. The number of aryl methyl sites for hydroxylation is 2. The topological polar surface area (TPSA) is 46.2 Å². The molecule has 6 heteroatoms. The van der Waals surface area contributed by atoms with E-state index in [0.29, 0.717) is 9.90 Å². The summed E-state index contributed by atoms with van der Waals surface area (Å²) in [5.41, 5.74) is 2.43. The molecule has 0 spiro atoms. The van der Waals surface area contributed by atoms with Gasteiger partial charge in [-0.25, -0.2) is 8.42 Å². The minimum atomic E-state index is -3.50. The third kappa shape index (κ3) is 2.76. The number of hydrogen-bond donors (Lipinski definition) is 1. The molecule has 1 aromatic carbocycles. The van der Waals surface area contributed by atoms with E-state index in [-0.39, 0.29) is 0 Å². The minimum Gasteiger partial charge on any atom is -0.279 e. The number of benzene rings is 1. The van der Waals surface area contributed by atoms with Crippen LogP contribution < -0.4 is 4.72 Å². The van der Waals surface area contributed by atoms with Crippen LogP contribution in [0.5, 0.6) is 0 Å². The van der Waals surface area contributed by atoms with Gasteiger partial charge in [-0.2, -0.15) is 0 Å². The highest BCUT2D eigenvalue weighted by atomic mass is 79.9. The van der Waals surface area contributed by atoms with E-state index in [1.165, 1.54) is 11.3 Å². The number of hydrogen-bond acceptors (Lipinski definition) is 3. The largest absolute Gasteiger partial charge is 0.279 e. The zero-order chi connectivity index (χ0) is 13.3. The van der Waals surface area contributed by atoms with E-state index in [4.69, 9.17) is 0 Å². The summed E-state index contributed by atoms with van der Waals surface area (Å²) in [6.07, 6.45) is 0. The first kappa shape index (κ1) is 13.6. The fourth-order valence-electron chi connectivity index (χ4n) is 1.45. The van der Waals surface area contributed by atoms with Gasteiger partial charge in [0, 0.05) is 0 Å². The van der Waals surface area contributed by atoms with E-state index in [2.05, 4.69) is 20.7 Å². The molecule has 2 aromatic rings. The SMILES string of the molecule is Cc1ccccc1NS(=O)(=O)c1cc(C)c(Br)s1. The molecule has 0 amide bonds. The van der Waals surface area contributed by atoms with Crippen LogP contribution in [-0.2, 0) is 10.0 Å². The maximum Gasteiger partial charge on any atom is 0.271 e. The molecule has 18 heavy (non-hydrogen) atoms. The molecule has 0 aliphatic heterocycles. The van der Waals surface area contributed by atoms with Crippen molar-refractivity contribution in [2.24, 2.45) is 0 Å². The van der Waals surface area contributed by atoms with Gasteiger partial charge in [0.1, 0.15) is 4.21 Å². The molecule has 96 valence electrons. The van der Waals surface area contributed by atoms with Crippen molar-refractivity contribution in [3.8, 4) is 0 Å². The van der Waals surface area contributed by atoms with Gasteiger partial charge in [0.15, 0.2) is 0 Å². The third-order valence-electron chi connectivity index (χ3n) is 2.49. The van der Waals surface area contributed by atoms with Gasteiger partial charge in [-0.15, -0.1) is 11.3 Å². The van der Waals surface area contributed by atoms with Crippen LogP contribution in [0.25, 0.3) is 0 Å². The van der Waals surface area contributed by atoms with Crippen molar-refractivity contribution in [3.63, 3.8) is 0 Å². The lowest BCUT2D eigenvalue weighted by Crippen LogP contribution is -2.12. The Morgan fingerprint density at radius 1 is 1.17 bits per heavy atom. The van der Waals surface area contributed by atoms with Gasteiger partial charge in [0.2, 0.25) is 0 Å². The summed E-state index contributed by atoms with van der Waals surface area (Å²) >= 11 is 4.55. The van der Waals surface area contributed by atoms with Gasteiger partial charge in [-0.3, -0.25) is 4.72 Å². The molecule has 1 heterocycles. The summed E-state index contributed by atoms with van der Waals surface area (Å²) in [6, 6.07) is 8.96. The Bertz CT molecular complexity index is 658. The van der Waals surface area contributed by atoms with Crippen molar-refractivity contribution in [1.82, 2.24) is 0 Å². The first-order valence-corrected chi connectivity index (χ1v) is 8.34. The third-order valence-corrected chi connectivity index (χ3v) is 6.46. The van der Waals surface area contributed by atoms with Crippen molar-refractivity contribution >= 4 is 43.0 Å². The van der Waals surface area contributed by atoms with Crippen LogP contribution >= 0.6 is 27.3 Å². The Morgan fingerprint density at radius 3 is 2.39 bits per heavy atom. The summed E-state index contributed by atoms with van der Waals surface area (Å²) in [7, 11) is -3.50. The van der Waals surface area contributed by atoms with Crippen molar-refractivity contribution in [3.05, 3.63) is 45.2 Å². The second-order valence-corrected chi connectivity index (χ2v) is 8.22. The van der Waals surface area contributed by atoms with Crippen LogP contribution in [-0.4, -0.2) is 8.42 Å². The minimum absolute atomic E-state index is 0.315. The van der Waals surface area contributed by atoms with Crippen LogP contribution in [0.1, 0.15) is 11.1 Å². The van der Waals surface area contributed by atoms with Gasteiger partial charge in [-0.05, 0) is 53.0 Å². The summed E-state index contributed by atoms with van der Waals surface area (Å²) < 4.78 is 28.2. The molecule has 0 radical (unpaired) electrons. The maximum absolute atomic E-state index is 12.2. The van der Waals surface area contributed by atoms with Crippen molar-refractivity contribution in [2.45, 2.75) is 18.1 Å². The van der Waals surface area contributed by atoms with Crippen LogP contribution in [0.2, 0.25) is 0 Å². The average molecular weight is 346 g/mol. The molecular weight excluding hydrogens is 334 g/mol. The van der Waals surface area contributed by atoms with Gasteiger partial charge >= 0.3 is 0 Å². The number of halogens is 1. The maximum atomic E-state index is 12.2. The van der Waals surface area contributed by atoms with Crippen LogP contribution in [0.3, 0.4) is 0 Å². The standard InChI is InChI=1S/C12H12BrNO2S2/c1-8-5-3-4-6-10(8)14-18(15,16)11-7-9(2)12(13)17-11/h3-7,14H,1-2H3. The molecule has 0 saturated carbocycles. The first-order chi connectivity index (χ1) is 8.40. The number of thiophene rings is 1. The van der Waals surface area contributed by atoms with E-state index in [9.17, 15) is 8.42 Å². The lowest BCUT2D eigenvalue weighted by molar-refractivity contribution is 0.603. The molecular formula is C12H12BrNO2S2. The van der Waals surface area contributed by atoms with E-state index in [1.54, 1.807) is 18.2 Å². The Labute approximate surface area is 119 Å². The smallest absolute Gasteiger partial charge is 0.271 e. The second kappa shape index (κ2) is 5.03. The normalized spacial score (nSPS) is 11.5. The molecule has 0 atom stereocenters. The fourth-order valence-corrected chi connectivity index (χ4v) is 4.80. The zero-order valence-electron chi connectivity index (χ0n) is 9.90. The molecule has 1 N–H and O–H groups in total. The monoisotopic (exact) mass is 345 g/mol. The number of rotatable bonds is 3. The Kier molecular flexibility index (Phi) is 3.79. The Hall–Kier alpha value is -0.850. The van der Waals surface area contributed by atoms with E-state index in [0.717, 1.165) is 14.9 Å². The first-order valence-electron chi connectivity index (χ1n) is 5.24. The molecule has 0 fully saturated rings. The van der Waals surface area contributed by atoms with Crippen molar-refractivity contribution in [1.29, 1.82) is 0 Å². The number of para-hydroxylation sites is 1. The second-order valence-electron chi connectivity index (χ2n) is 3.94. The Balaban J connectivity index is 2.36.